The van der Waals surface area contributed by atoms with Crippen molar-refractivity contribution in [1.29, 1.82) is 0 Å². The van der Waals surface area contributed by atoms with E-state index in [-0.39, 0.29) is 0 Å². The van der Waals surface area contributed by atoms with Crippen LogP contribution < -0.4 is 5.32 Å². The van der Waals surface area contributed by atoms with E-state index in [2.05, 4.69) is 24.0 Å². The normalized spacial score (nSPS) is 24.0. The van der Waals surface area contributed by atoms with Gasteiger partial charge in [0.15, 0.2) is 0 Å². The maximum atomic E-state index is 5.12. The monoisotopic (exact) mass is 231 g/mol. The first-order chi connectivity index (χ1) is 7.38. The quantitative estimate of drug-likeness (QED) is 0.681. The third-order valence-electron chi connectivity index (χ3n) is 2.99. The molecule has 0 radical (unpaired) electrons. The van der Waals surface area contributed by atoms with E-state index in [9.17, 15) is 0 Å². The highest BCUT2D eigenvalue weighted by Gasteiger charge is 2.22. The molecule has 1 fully saturated rings. The van der Waals surface area contributed by atoms with E-state index in [1.165, 1.54) is 37.9 Å². The topological polar surface area (TPSA) is 21.3 Å². The van der Waals surface area contributed by atoms with Gasteiger partial charge in [-0.15, -0.1) is 0 Å². The summed E-state index contributed by atoms with van der Waals surface area (Å²) in [4.78, 5) is 0. The first-order valence-corrected chi connectivity index (χ1v) is 7.27. The molecular weight excluding hydrogens is 206 g/mol. The van der Waals surface area contributed by atoms with E-state index < -0.39 is 0 Å². The number of thioether (sulfide) groups is 1. The molecule has 0 bridgehead atoms. The number of ether oxygens (including phenoxy) is 1. The Labute approximate surface area is 98.5 Å². The molecule has 1 saturated heterocycles. The van der Waals surface area contributed by atoms with Crippen molar-refractivity contribution in [2.24, 2.45) is 0 Å². The highest BCUT2D eigenvalue weighted by molar-refractivity contribution is 8.00. The highest BCUT2D eigenvalue weighted by atomic mass is 32.2. The van der Waals surface area contributed by atoms with Crippen molar-refractivity contribution in [3.63, 3.8) is 0 Å². The van der Waals surface area contributed by atoms with Gasteiger partial charge >= 0.3 is 0 Å². The van der Waals surface area contributed by atoms with Crippen LogP contribution in [-0.2, 0) is 4.74 Å². The highest BCUT2D eigenvalue weighted by Crippen LogP contribution is 2.29. The Morgan fingerprint density at radius 2 is 2.33 bits per heavy atom. The Balaban J connectivity index is 2.26. The molecule has 0 aromatic heterocycles. The molecule has 0 saturated carbocycles. The van der Waals surface area contributed by atoms with Crippen LogP contribution in [0.3, 0.4) is 0 Å². The molecule has 15 heavy (non-hydrogen) atoms. The molecule has 2 nitrogen and oxygen atoms in total. The zero-order valence-electron chi connectivity index (χ0n) is 10.1. The SMILES string of the molecule is CCNC(CCCOC)C1CCCCS1. The van der Waals surface area contributed by atoms with Gasteiger partial charge in [-0.05, 0) is 38.0 Å². The summed E-state index contributed by atoms with van der Waals surface area (Å²) < 4.78 is 5.12. The number of nitrogens with one attached hydrogen (secondary N) is 1. The average Bonchev–Trinajstić information content (AvgIpc) is 2.29. The summed E-state index contributed by atoms with van der Waals surface area (Å²) in [5, 5.41) is 4.48. The Morgan fingerprint density at radius 3 is 2.93 bits per heavy atom. The maximum absolute atomic E-state index is 5.12. The van der Waals surface area contributed by atoms with Gasteiger partial charge in [0.05, 0.1) is 0 Å². The van der Waals surface area contributed by atoms with E-state index in [1.54, 1.807) is 7.11 Å². The first-order valence-electron chi connectivity index (χ1n) is 6.22. The maximum Gasteiger partial charge on any atom is 0.0462 e. The van der Waals surface area contributed by atoms with Crippen molar-refractivity contribution in [1.82, 2.24) is 5.32 Å². The fraction of sp³-hybridized carbons (Fsp3) is 1.00. The summed E-state index contributed by atoms with van der Waals surface area (Å²) in [7, 11) is 1.79. The van der Waals surface area contributed by atoms with Crippen molar-refractivity contribution < 1.29 is 4.74 Å². The summed E-state index contributed by atoms with van der Waals surface area (Å²) in [6, 6.07) is 0.704. The summed E-state index contributed by atoms with van der Waals surface area (Å²) in [5.74, 6) is 1.36. The van der Waals surface area contributed by atoms with Gasteiger partial charge in [-0.2, -0.15) is 11.8 Å². The molecule has 0 aliphatic carbocycles. The van der Waals surface area contributed by atoms with E-state index in [1.807, 2.05) is 0 Å². The van der Waals surface area contributed by atoms with Crippen molar-refractivity contribution in [3.05, 3.63) is 0 Å². The molecular formula is C12H25NOS. The Morgan fingerprint density at radius 1 is 1.47 bits per heavy atom. The van der Waals surface area contributed by atoms with Crippen LogP contribution in [0.25, 0.3) is 0 Å². The van der Waals surface area contributed by atoms with E-state index in [4.69, 9.17) is 4.74 Å². The molecule has 1 heterocycles. The molecule has 1 aliphatic rings. The standard InChI is InChI=1S/C12H25NOS/c1-3-13-11(7-6-9-14-2)12-8-4-5-10-15-12/h11-13H,3-10H2,1-2H3. The predicted molar refractivity (Wildman–Crippen MR) is 68.7 cm³/mol. The fourth-order valence-corrected chi connectivity index (χ4v) is 3.68. The molecule has 1 N–H and O–H groups in total. The largest absolute Gasteiger partial charge is 0.385 e. The summed E-state index contributed by atoms with van der Waals surface area (Å²) in [5.41, 5.74) is 0. The van der Waals surface area contributed by atoms with Crippen LogP contribution in [-0.4, -0.2) is 37.3 Å². The summed E-state index contributed by atoms with van der Waals surface area (Å²) in [6.07, 6.45) is 6.68. The minimum Gasteiger partial charge on any atom is -0.385 e. The number of methoxy groups -OCH3 is 1. The number of hydrogen-bond acceptors (Lipinski definition) is 3. The van der Waals surface area contributed by atoms with E-state index in [0.717, 1.165) is 18.4 Å². The Kier molecular flexibility index (Phi) is 7.49. The fourth-order valence-electron chi connectivity index (χ4n) is 2.21. The van der Waals surface area contributed by atoms with Crippen LogP contribution in [0, 0.1) is 0 Å². The van der Waals surface area contributed by atoms with E-state index >= 15 is 0 Å². The van der Waals surface area contributed by atoms with Gasteiger partial charge in [0.2, 0.25) is 0 Å². The minimum atomic E-state index is 0.704. The lowest BCUT2D eigenvalue weighted by Gasteiger charge is -2.30. The van der Waals surface area contributed by atoms with Gasteiger partial charge < -0.3 is 10.1 Å². The van der Waals surface area contributed by atoms with Crippen LogP contribution >= 0.6 is 11.8 Å². The predicted octanol–water partition coefficient (Wildman–Crippen LogP) is 2.68. The molecule has 2 unspecified atom stereocenters. The lowest BCUT2D eigenvalue weighted by molar-refractivity contribution is 0.188. The second-order valence-corrected chi connectivity index (χ2v) is 5.55. The van der Waals surface area contributed by atoms with Crippen molar-refractivity contribution in [2.45, 2.75) is 50.3 Å². The van der Waals surface area contributed by atoms with Crippen LogP contribution in [0.2, 0.25) is 0 Å². The zero-order chi connectivity index (χ0) is 10.9. The van der Waals surface area contributed by atoms with E-state index in [0.29, 0.717) is 6.04 Å². The van der Waals surface area contributed by atoms with Crippen LogP contribution in [0.1, 0.15) is 39.0 Å². The third kappa shape index (κ3) is 5.23. The minimum absolute atomic E-state index is 0.704. The number of hydrogen-bond donors (Lipinski definition) is 1. The molecule has 0 aromatic carbocycles. The second kappa shape index (κ2) is 8.43. The second-order valence-electron chi connectivity index (χ2n) is 4.20. The van der Waals surface area contributed by atoms with Gasteiger partial charge in [0.25, 0.3) is 0 Å². The van der Waals surface area contributed by atoms with Gasteiger partial charge in [-0.25, -0.2) is 0 Å². The molecule has 1 aliphatic heterocycles. The third-order valence-corrected chi connectivity index (χ3v) is 4.51. The molecule has 2 atom stereocenters. The smallest absolute Gasteiger partial charge is 0.0462 e. The Hall–Kier alpha value is 0.270. The van der Waals surface area contributed by atoms with Crippen LogP contribution in [0.4, 0.5) is 0 Å². The van der Waals surface area contributed by atoms with Crippen LogP contribution in [0.15, 0.2) is 0 Å². The van der Waals surface area contributed by atoms with Gasteiger partial charge in [-0.3, -0.25) is 0 Å². The molecule has 0 amide bonds. The Bertz CT molecular complexity index is 149. The van der Waals surface area contributed by atoms with Crippen molar-refractivity contribution in [3.8, 4) is 0 Å². The first kappa shape index (κ1) is 13.3. The summed E-state index contributed by atoms with van der Waals surface area (Å²) >= 11 is 2.17. The molecule has 1 rings (SSSR count). The molecule has 3 heteroatoms. The molecule has 0 aromatic rings. The molecule has 0 spiro atoms. The van der Waals surface area contributed by atoms with Gasteiger partial charge in [-0.1, -0.05) is 13.3 Å². The van der Waals surface area contributed by atoms with Gasteiger partial charge in [0.1, 0.15) is 0 Å². The van der Waals surface area contributed by atoms with Crippen molar-refractivity contribution >= 4 is 11.8 Å². The van der Waals surface area contributed by atoms with Crippen molar-refractivity contribution in [2.75, 3.05) is 26.0 Å². The summed E-state index contributed by atoms with van der Waals surface area (Å²) in [6.45, 7) is 4.20. The van der Waals surface area contributed by atoms with Gasteiger partial charge in [0, 0.05) is 25.0 Å². The number of rotatable bonds is 7. The molecule has 90 valence electrons. The lowest BCUT2D eigenvalue weighted by Crippen LogP contribution is -2.39. The van der Waals surface area contributed by atoms with Crippen LogP contribution in [0.5, 0.6) is 0 Å². The lowest BCUT2D eigenvalue weighted by atomic mass is 10.0. The zero-order valence-corrected chi connectivity index (χ0v) is 10.9. The average molecular weight is 231 g/mol.